The molecule has 0 saturated heterocycles. The molecule has 0 aromatic heterocycles. The van der Waals surface area contributed by atoms with E-state index < -0.39 is 11.4 Å². The number of ether oxygens (including phenoxy) is 2. The lowest BCUT2D eigenvalue weighted by atomic mass is 9.75. The molecule has 4 nitrogen and oxygen atoms in total. The van der Waals surface area contributed by atoms with E-state index in [-0.39, 0.29) is 0 Å². The fourth-order valence-corrected chi connectivity index (χ4v) is 4.84. The highest BCUT2D eigenvalue weighted by Crippen LogP contribution is 2.55. The summed E-state index contributed by atoms with van der Waals surface area (Å²) >= 11 is 3.63. The first-order chi connectivity index (χ1) is 10.1. The average molecular weight is 353 g/mol. The fraction of sp³-hybridized carbons (Fsp3) is 0.562. The van der Waals surface area contributed by atoms with Crippen molar-refractivity contribution >= 4 is 21.9 Å². The molecule has 0 bridgehead atoms. The van der Waals surface area contributed by atoms with E-state index in [1.165, 1.54) is 0 Å². The van der Waals surface area contributed by atoms with Gasteiger partial charge in [0, 0.05) is 29.5 Å². The van der Waals surface area contributed by atoms with Crippen molar-refractivity contribution in [2.24, 2.45) is 0 Å². The van der Waals surface area contributed by atoms with Crippen LogP contribution >= 0.6 is 15.9 Å². The summed E-state index contributed by atoms with van der Waals surface area (Å²) in [6.45, 7) is 1.25. The van der Waals surface area contributed by atoms with E-state index in [2.05, 4.69) is 15.9 Å². The van der Waals surface area contributed by atoms with Gasteiger partial charge in [0.1, 0.15) is 11.5 Å². The summed E-state index contributed by atoms with van der Waals surface area (Å²) in [5.41, 5.74) is 2.26. The zero-order valence-electron chi connectivity index (χ0n) is 11.7. The monoisotopic (exact) mass is 352 g/mol. The molecular weight excluding hydrogens is 336 g/mol. The molecule has 1 N–H and O–H groups in total. The maximum atomic E-state index is 12.1. The Kier molecular flexibility index (Phi) is 2.96. The number of fused-ring (bicyclic) bond motifs is 2. The van der Waals surface area contributed by atoms with E-state index in [9.17, 15) is 9.90 Å². The third kappa shape index (κ3) is 1.70. The number of carboxylic acid groups (broad SMARTS) is 1. The first-order valence-electron chi connectivity index (χ1n) is 7.52. The molecule has 0 amide bonds. The van der Waals surface area contributed by atoms with E-state index in [0.29, 0.717) is 26.1 Å². The van der Waals surface area contributed by atoms with Gasteiger partial charge in [-0.25, -0.2) is 0 Å². The number of rotatable bonds is 2. The lowest BCUT2D eigenvalue weighted by Crippen LogP contribution is -2.34. The van der Waals surface area contributed by atoms with Crippen molar-refractivity contribution in [3.63, 3.8) is 0 Å². The van der Waals surface area contributed by atoms with Gasteiger partial charge in [-0.3, -0.25) is 4.79 Å². The van der Waals surface area contributed by atoms with E-state index in [0.717, 1.165) is 58.3 Å². The van der Waals surface area contributed by atoms with Crippen molar-refractivity contribution in [1.29, 1.82) is 0 Å². The van der Waals surface area contributed by atoms with Crippen LogP contribution in [0.25, 0.3) is 0 Å². The number of carboxylic acids is 1. The van der Waals surface area contributed by atoms with Gasteiger partial charge in [-0.1, -0.05) is 12.8 Å². The number of aliphatic carboxylic acids is 1. The molecule has 112 valence electrons. The molecule has 0 atom stereocenters. The minimum absolute atomic E-state index is 0.625. The molecule has 21 heavy (non-hydrogen) atoms. The summed E-state index contributed by atoms with van der Waals surface area (Å²) in [6, 6.07) is 0. The molecule has 1 fully saturated rings. The maximum absolute atomic E-state index is 12.1. The molecule has 5 heteroatoms. The summed E-state index contributed by atoms with van der Waals surface area (Å²) in [6.07, 6.45) is 4.92. The highest BCUT2D eigenvalue weighted by Gasteiger charge is 2.49. The molecular formula is C16H17BrO4. The van der Waals surface area contributed by atoms with Crippen LogP contribution in [0.1, 0.15) is 42.4 Å². The van der Waals surface area contributed by atoms with Crippen LogP contribution in [0, 0.1) is 0 Å². The molecule has 1 saturated carbocycles. The highest BCUT2D eigenvalue weighted by molar-refractivity contribution is 9.10. The molecule has 4 rings (SSSR count). The predicted octanol–water partition coefficient (Wildman–Crippen LogP) is 3.22. The number of hydrogen-bond acceptors (Lipinski definition) is 3. The van der Waals surface area contributed by atoms with Crippen molar-refractivity contribution < 1.29 is 19.4 Å². The lowest BCUT2D eigenvalue weighted by Gasteiger charge is -2.29. The summed E-state index contributed by atoms with van der Waals surface area (Å²) in [5, 5.41) is 9.94. The normalized spacial score (nSPS) is 21.6. The first kappa shape index (κ1) is 13.4. The Hall–Kier alpha value is -1.23. The quantitative estimate of drug-likeness (QED) is 0.887. The molecule has 0 spiro atoms. The Balaban J connectivity index is 2.03. The minimum atomic E-state index is -0.785. The van der Waals surface area contributed by atoms with Crippen LogP contribution in [0.2, 0.25) is 0 Å². The minimum Gasteiger partial charge on any atom is -0.493 e. The Morgan fingerprint density at radius 1 is 1.05 bits per heavy atom. The second-order valence-electron chi connectivity index (χ2n) is 6.10. The molecule has 1 aromatic rings. The molecule has 2 aliphatic heterocycles. The Labute approximate surface area is 131 Å². The van der Waals surface area contributed by atoms with Crippen molar-refractivity contribution in [2.75, 3.05) is 13.2 Å². The third-order valence-electron chi connectivity index (χ3n) is 5.08. The molecule has 0 radical (unpaired) electrons. The van der Waals surface area contributed by atoms with Gasteiger partial charge in [0.15, 0.2) is 0 Å². The van der Waals surface area contributed by atoms with Crippen LogP contribution < -0.4 is 9.47 Å². The third-order valence-corrected chi connectivity index (χ3v) is 5.92. The van der Waals surface area contributed by atoms with E-state index >= 15 is 0 Å². The fourth-order valence-electron chi connectivity index (χ4n) is 4.11. The van der Waals surface area contributed by atoms with Gasteiger partial charge in [-0.2, -0.15) is 0 Å². The van der Waals surface area contributed by atoms with Crippen molar-refractivity contribution in [1.82, 2.24) is 0 Å². The van der Waals surface area contributed by atoms with Gasteiger partial charge in [-0.15, -0.1) is 0 Å². The van der Waals surface area contributed by atoms with Gasteiger partial charge >= 0.3 is 5.97 Å². The van der Waals surface area contributed by atoms with E-state index in [1.54, 1.807) is 0 Å². The SMILES string of the molecule is O=C(O)C1(c2c3c(c(Br)c4c2OCC4)OCC3)CCCC1. The van der Waals surface area contributed by atoms with Gasteiger partial charge in [-0.05, 0) is 28.8 Å². The van der Waals surface area contributed by atoms with E-state index in [1.807, 2.05) is 0 Å². The molecule has 1 aliphatic carbocycles. The van der Waals surface area contributed by atoms with Gasteiger partial charge in [0.25, 0.3) is 0 Å². The number of carbonyl (C=O) groups is 1. The van der Waals surface area contributed by atoms with Gasteiger partial charge in [0.05, 0.1) is 23.1 Å². The zero-order valence-corrected chi connectivity index (χ0v) is 13.3. The predicted molar refractivity (Wildman–Crippen MR) is 80.3 cm³/mol. The Bertz CT molecular complexity index is 597. The van der Waals surface area contributed by atoms with Gasteiger partial charge < -0.3 is 14.6 Å². The van der Waals surface area contributed by atoms with Crippen LogP contribution in [0.5, 0.6) is 11.5 Å². The first-order valence-corrected chi connectivity index (χ1v) is 8.31. The second-order valence-corrected chi connectivity index (χ2v) is 6.89. The Morgan fingerprint density at radius 2 is 1.67 bits per heavy atom. The molecule has 1 aromatic carbocycles. The summed E-state index contributed by atoms with van der Waals surface area (Å²) in [7, 11) is 0. The topological polar surface area (TPSA) is 55.8 Å². The summed E-state index contributed by atoms with van der Waals surface area (Å²) in [4.78, 5) is 12.1. The molecule has 3 aliphatic rings. The number of hydrogen-bond donors (Lipinski definition) is 1. The largest absolute Gasteiger partial charge is 0.493 e. The van der Waals surface area contributed by atoms with E-state index in [4.69, 9.17) is 9.47 Å². The lowest BCUT2D eigenvalue weighted by molar-refractivity contribution is -0.143. The van der Waals surface area contributed by atoms with Crippen molar-refractivity contribution in [3.05, 3.63) is 21.2 Å². The van der Waals surface area contributed by atoms with Crippen LogP contribution in [-0.4, -0.2) is 24.3 Å². The molecule has 0 unspecified atom stereocenters. The number of halogens is 1. The zero-order chi connectivity index (χ0) is 14.6. The van der Waals surface area contributed by atoms with Crippen molar-refractivity contribution in [3.8, 4) is 11.5 Å². The van der Waals surface area contributed by atoms with Crippen LogP contribution in [0.4, 0.5) is 0 Å². The van der Waals surface area contributed by atoms with Crippen LogP contribution in [0.15, 0.2) is 4.47 Å². The van der Waals surface area contributed by atoms with Crippen LogP contribution in [-0.2, 0) is 23.1 Å². The Morgan fingerprint density at radius 3 is 2.33 bits per heavy atom. The van der Waals surface area contributed by atoms with Crippen LogP contribution in [0.3, 0.4) is 0 Å². The van der Waals surface area contributed by atoms with Crippen molar-refractivity contribution in [2.45, 2.75) is 43.9 Å². The summed E-state index contributed by atoms with van der Waals surface area (Å²) < 4.78 is 12.6. The molecule has 2 heterocycles. The maximum Gasteiger partial charge on any atom is 0.314 e. The average Bonchev–Trinajstić information content (AvgIpc) is 3.20. The summed E-state index contributed by atoms with van der Waals surface area (Å²) in [5.74, 6) is 0.950. The highest BCUT2D eigenvalue weighted by atomic mass is 79.9. The smallest absolute Gasteiger partial charge is 0.314 e. The second kappa shape index (κ2) is 4.63. The number of benzene rings is 1. The standard InChI is InChI=1S/C16H17BrO4/c17-12-10-4-8-20-13(10)11(9-3-7-21-14(9)12)16(15(18)19)5-1-2-6-16/h1-8H2,(H,18,19). The van der Waals surface area contributed by atoms with Gasteiger partial charge in [0.2, 0.25) is 0 Å².